The molecule has 8 nitrogen and oxygen atoms in total. The molecule has 10 heteroatoms. The lowest BCUT2D eigenvalue weighted by Crippen LogP contribution is -2.47. The first-order valence-electron chi connectivity index (χ1n) is 13.9. The number of imidazole rings is 1. The van der Waals surface area contributed by atoms with Gasteiger partial charge in [0.2, 0.25) is 0 Å². The fourth-order valence-corrected chi connectivity index (χ4v) is 6.88. The SMILES string of the molecule is Cc1ccc(S(=O)(=O)OCC2(O)CC(c3nc(-c4ccc5ccc(-c6ccccc6)nc5c4)c4c(Cl)nccn34)C2)cc1. The first-order chi connectivity index (χ1) is 20.7. The Hall–Kier alpha value is -4.15. The van der Waals surface area contributed by atoms with Crippen molar-refractivity contribution < 1.29 is 17.7 Å². The zero-order valence-electron chi connectivity index (χ0n) is 23.2. The largest absolute Gasteiger partial charge is 0.387 e. The van der Waals surface area contributed by atoms with E-state index >= 15 is 0 Å². The molecule has 0 unspecified atom stereocenters. The molecule has 0 amide bonds. The molecule has 0 radical (unpaired) electrons. The predicted octanol–water partition coefficient (Wildman–Crippen LogP) is 6.59. The van der Waals surface area contributed by atoms with Crippen molar-refractivity contribution in [2.75, 3.05) is 6.61 Å². The topological polar surface area (TPSA) is 107 Å². The highest BCUT2D eigenvalue weighted by Gasteiger charge is 2.46. The Morgan fingerprint density at radius 1 is 0.977 bits per heavy atom. The third-order valence-corrected chi connectivity index (χ3v) is 9.54. The van der Waals surface area contributed by atoms with Crippen LogP contribution in [0.2, 0.25) is 5.15 Å². The van der Waals surface area contributed by atoms with Crippen molar-refractivity contribution in [3.63, 3.8) is 0 Å². The van der Waals surface area contributed by atoms with Gasteiger partial charge in [0, 0.05) is 34.8 Å². The van der Waals surface area contributed by atoms with E-state index in [9.17, 15) is 13.5 Å². The molecule has 1 N–H and O–H groups in total. The van der Waals surface area contributed by atoms with Crippen LogP contribution in [-0.4, -0.2) is 45.1 Å². The highest BCUT2D eigenvalue weighted by Crippen LogP contribution is 2.46. The van der Waals surface area contributed by atoms with Crippen LogP contribution in [0.25, 0.3) is 38.9 Å². The number of aliphatic hydroxyl groups is 1. The number of hydrogen-bond acceptors (Lipinski definition) is 7. The molecular weight excluding hydrogens is 584 g/mol. The average Bonchev–Trinajstić information content (AvgIpc) is 3.39. The van der Waals surface area contributed by atoms with Gasteiger partial charge in [-0.2, -0.15) is 8.42 Å². The molecule has 1 fully saturated rings. The highest BCUT2D eigenvalue weighted by molar-refractivity contribution is 7.86. The van der Waals surface area contributed by atoms with Crippen molar-refractivity contribution in [2.24, 2.45) is 0 Å². The van der Waals surface area contributed by atoms with Gasteiger partial charge in [-0.3, -0.25) is 8.58 Å². The van der Waals surface area contributed by atoms with Gasteiger partial charge in [-0.15, -0.1) is 0 Å². The number of pyridine rings is 1. The van der Waals surface area contributed by atoms with Gasteiger partial charge < -0.3 is 5.11 Å². The summed E-state index contributed by atoms with van der Waals surface area (Å²) in [6.45, 7) is 1.54. The standard InChI is InChI=1S/C33H27ClN4O4S/c1-21-7-12-26(13-8-21)43(40,41)42-20-33(39)18-25(19-33)32-37-29(30-31(34)35-15-16-38(30)32)24-10-9-23-11-14-27(36-28(23)17-24)22-5-3-2-4-6-22/h2-17,25,39H,18-20H2,1H3. The van der Waals surface area contributed by atoms with Crippen LogP contribution in [0.5, 0.6) is 0 Å². The Morgan fingerprint density at radius 3 is 2.49 bits per heavy atom. The van der Waals surface area contributed by atoms with Gasteiger partial charge >= 0.3 is 0 Å². The summed E-state index contributed by atoms with van der Waals surface area (Å²) in [5, 5.41) is 12.4. The number of benzene rings is 3. The summed E-state index contributed by atoms with van der Waals surface area (Å²) in [5.74, 6) is 0.574. The van der Waals surface area contributed by atoms with Crippen molar-refractivity contribution in [2.45, 2.75) is 36.2 Å². The molecule has 43 heavy (non-hydrogen) atoms. The molecule has 0 aliphatic heterocycles. The summed E-state index contributed by atoms with van der Waals surface area (Å²) in [5.41, 5.74) is 4.54. The zero-order valence-corrected chi connectivity index (χ0v) is 24.8. The third kappa shape index (κ3) is 5.19. The van der Waals surface area contributed by atoms with Crippen LogP contribution in [-0.2, 0) is 14.3 Å². The summed E-state index contributed by atoms with van der Waals surface area (Å²) in [6.07, 6.45) is 3.99. The van der Waals surface area contributed by atoms with Gasteiger partial charge in [-0.25, -0.2) is 15.0 Å². The molecule has 1 saturated carbocycles. The third-order valence-electron chi connectivity index (χ3n) is 7.98. The second-order valence-corrected chi connectivity index (χ2v) is 13.1. The van der Waals surface area contributed by atoms with E-state index in [0.717, 1.165) is 33.3 Å². The Kier molecular flexibility index (Phi) is 6.78. The molecule has 0 saturated heterocycles. The molecule has 3 heterocycles. The van der Waals surface area contributed by atoms with Crippen LogP contribution in [0.1, 0.15) is 30.1 Å². The van der Waals surface area contributed by atoms with Crippen LogP contribution >= 0.6 is 11.6 Å². The molecule has 6 aromatic rings. The summed E-state index contributed by atoms with van der Waals surface area (Å²) in [6, 6.07) is 26.5. The fourth-order valence-electron chi connectivity index (χ4n) is 5.67. The molecule has 3 aromatic carbocycles. The molecule has 0 atom stereocenters. The summed E-state index contributed by atoms with van der Waals surface area (Å²) >= 11 is 6.62. The summed E-state index contributed by atoms with van der Waals surface area (Å²) < 4.78 is 32.5. The quantitative estimate of drug-likeness (QED) is 0.203. The number of aryl methyl sites for hydroxylation is 1. The minimum absolute atomic E-state index is 0.0596. The number of fused-ring (bicyclic) bond motifs is 2. The van der Waals surface area contributed by atoms with Crippen LogP contribution in [0.3, 0.4) is 0 Å². The van der Waals surface area contributed by atoms with E-state index in [1.807, 2.05) is 65.9 Å². The smallest absolute Gasteiger partial charge is 0.297 e. The number of hydrogen-bond donors (Lipinski definition) is 1. The van der Waals surface area contributed by atoms with Crippen molar-refractivity contribution >= 4 is 38.1 Å². The van der Waals surface area contributed by atoms with Gasteiger partial charge in [0.1, 0.15) is 11.3 Å². The molecule has 0 bridgehead atoms. The molecule has 1 aliphatic carbocycles. The van der Waals surface area contributed by atoms with Crippen LogP contribution < -0.4 is 0 Å². The van der Waals surface area contributed by atoms with E-state index in [2.05, 4.69) is 11.1 Å². The lowest BCUT2D eigenvalue weighted by Gasteiger charge is -2.42. The second kappa shape index (κ2) is 10.5. The van der Waals surface area contributed by atoms with E-state index in [-0.39, 0.29) is 30.3 Å². The first-order valence-corrected chi connectivity index (χ1v) is 15.7. The van der Waals surface area contributed by atoms with Gasteiger partial charge in [-0.1, -0.05) is 77.8 Å². The maximum absolute atomic E-state index is 12.7. The number of halogens is 1. The zero-order chi connectivity index (χ0) is 29.8. The van der Waals surface area contributed by atoms with Crippen LogP contribution in [0, 0.1) is 6.92 Å². The van der Waals surface area contributed by atoms with E-state index in [4.69, 9.17) is 25.8 Å². The Bertz CT molecular complexity index is 2090. The molecule has 216 valence electrons. The first kappa shape index (κ1) is 27.7. The van der Waals surface area contributed by atoms with E-state index < -0.39 is 15.7 Å². The number of nitrogens with zero attached hydrogens (tertiary/aromatic N) is 4. The Labute approximate surface area is 253 Å². The fraction of sp³-hybridized carbons (Fsp3) is 0.182. The van der Waals surface area contributed by atoms with Gasteiger partial charge in [0.15, 0.2) is 5.15 Å². The van der Waals surface area contributed by atoms with Crippen molar-refractivity contribution in [1.82, 2.24) is 19.4 Å². The van der Waals surface area contributed by atoms with Gasteiger partial charge in [0.05, 0.1) is 34.0 Å². The summed E-state index contributed by atoms with van der Waals surface area (Å²) in [7, 11) is -3.99. The molecule has 0 spiro atoms. The van der Waals surface area contributed by atoms with Crippen molar-refractivity contribution in [3.8, 4) is 22.5 Å². The van der Waals surface area contributed by atoms with Gasteiger partial charge in [0.25, 0.3) is 10.1 Å². The minimum atomic E-state index is -3.99. The molecular formula is C33H27ClN4O4S. The summed E-state index contributed by atoms with van der Waals surface area (Å²) in [4.78, 5) is 14.3. The maximum Gasteiger partial charge on any atom is 0.297 e. The molecule has 3 aromatic heterocycles. The Morgan fingerprint density at radius 2 is 1.72 bits per heavy atom. The molecule has 7 rings (SSSR count). The van der Waals surface area contributed by atoms with E-state index in [1.54, 1.807) is 24.5 Å². The lowest BCUT2D eigenvalue weighted by molar-refractivity contribution is -0.0800. The molecule has 1 aliphatic rings. The van der Waals surface area contributed by atoms with E-state index in [0.29, 0.717) is 22.2 Å². The average molecular weight is 611 g/mol. The normalized spacial score (nSPS) is 18.6. The van der Waals surface area contributed by atoms with Crippen LogP contribution in [0.15, 0.2) is 102 Å². The van der Waals surface area contributed by atoms with Crippen LogP contribution in [0.4, 0.5) is 0 Å². The van der Waals surface area contributed by atoms with Gasteiger partial charge in [-0.05, 0) is 44.0 Å². The Balaban J connectivity index is 1.17. The highest BCUT2D eigenvalue weighted by atomic mass is 35.5. The predicted molar refractivity (Wildman–Crippen MR) is 165 cm³/mol. The van der Waals surface area contributed by atoms with Crippen molar-refractivity contribution in [3.05, 3.63) is 114 Å². The lowest BCUT2D eigenvalue weighted by atomic mass is 9.71. The second-order valence-electron chi connectivity index (χ2n) is 11.1. The minimum Gasteiger partial charge on any atom is -0.387 e. The number of rotatable bonds is 7. The van der Waals surface area contributed by atoms with E-state index in [1.165, 1.54) is 12.1 Å². The van der Waals surface area contributed by atoms with Crippen molar-refractivity contribution in [1.29, 1.82) is 0 Å². The number of aromatic nitrogens is 4. The monoisotopic (exact) mass is 610 g/mol. The maximum atomic E-state index is 12.7.